The molecule has 1 aliphatic carbocycles. The fourth-order valence-corrected chi connectivity index (χ4v) is 3.02. The number of amides is 3. The highest BCUT2D eigenvalue weighted by atomic mass is 16.5. The Labute approximate surface area is 157 Å². The molecule has 1 saturated carbocycles. The summed E-state index contributed by atoms with van der Waals surface area (Å²) in [5, 5.41) is 8.32. The minimum Gasteiger partial charge on any atom is -0.467 e. The number of urea groups is 1. The highest BCUT2D eigenvalue weighted by Crippen LogP contribution is 2.27. The van der Waals surface area contributed by atoms with E-state index in [0.717, 1.165) is 17.7 Å². The normalized spacial score (nSPS) is 20.5. The summed E-state index contributed by atoms with van der Waals surface area (Å²) in [4.78, 5) is 37.6. The molecule has 0 spiro atoms. The SMILES string of the molecule is CCOC(=O)C1=C(C[NH+](C)CC(=O)NC2CC2)NC(=O)N[C@@H]1c1ccco1. The van der Waals surface area contributed by atoms with Gasteiger partial charge in [0.2, 0.25) is 0 Å². The molecule has 0 aromatic carbocycles. The van der Waals surface area contributed by atoms with Crippen LogP contribution in [0.2, 0.25) is 0 Å². The van der Waals surface area contributed by atoms with Gasteiger partial charge in [-0.25, -0.2) is 9.59 Å². The van der Waals surface area contributed by atoms with Gasteiger partial charge in [0.05, 0.1) is 31.2 Å². The van der Waals surface area contributed by atoms with Crippen LogP contribution < -0.4 is 20.9 Å². The van der Waals surface area contributed by atoms with Crippen LogP contribution in [-0.2, 0) is 14.3 Å². The topological polar surface area (TPSA) is 114 Å². The maximum atomic E-state index is 12.6. The van der Waals surface area contributed by atoms with Gasteiger partial charge in [0, 0.05) is 6.04 Å². The van der Waals surface area contributed by atoms with E-state index in [1.54, 1.807) is 19.1 Å². The van der Waals surface area contributed by atoms with Gasteiger partial charge in [-0.3, -0.25) is 4.79 Å². The summed E-state index contributed by atoms with van der Waals surface area (Å²) in [7, 11) is 1.83. The highest BCUT2D eigenvalue weighted by molar-refractivity contribution is 5.95. The molecule has 0 saturated heterocycles. The summed E-state index contributed by atoms with van der Waals surface area (Å²) in [5.41, 5.74) is 0.712. The maximum absolute atomic E-state index is 12.6. The number of likely N-dealkylation sites (N-methyl/N-ethyl adjacent to an activating group) is 1. The van der Waals surface area contributed by atoms with E-state index in [2.05, 4.69) is 16.0 Å². The lowest BCUT2D eigenvalue weighted by Gasteiger charge is -2.28. The van der Waals surface area contributed by atoms with Gasteiger partial charge < -0.3 is 30.0 Å². The van der Waals surface area contributed by atoms with Gasteiger partial charge in [-0.2, -0.15) is 0 Å². The number of ether oxygens (including phenoxy) is 1. The summed E-state index contributed by atoms with van der Waals surface area (Å²) >= 11 is 0. The molecule has 1 aromatic heterocycles. The van der Waals surface area contributed by atoms with Crippen LogP contribution in [-0.4, -0.2) is 50.7 Å². The molecule has 9 heteroatoms. The first-order valence-electron chi connectivity index (χ1n) is 9.09. The predicted octanol–water partition coefficient (Wildman–Crippen LogP) is -0.756. The number of carbonyl (C=O) groups is 3. The predicted molar refractivity (Wildman–Crippen MR) is 94.6 cm³/mol. The molecule has 0 radical (unpaired) electrons. The third-order valence-corrected chi connectivity index (χ3v) is 4.36. The zero-order valence-corrected chi connectivity index (χ0v) is 15.5. The number of hydrogen-bond donors (Lipinski definition) is 4. The molecule has 9 nitrogen and oxygen atoms in total. The minimum atomic E-state index is -0.740. The third kappa shape index (κ3) is 4.88. The van der Waals surface area contributed by atoms with E-state index in [1.807, 2.05) is 7.05 Å². The molecule has 1 unspecified atom stereocenters. The van der Waals surface area contributed by atoms with Crippen molar-refractivity contribution in [1.82, 2.24) is 16.0 Å². The van der Waals surface area contributed by atoms with Crippen LogP contribution >= 0.6 is 0 Å². The molecule has 0 bridgehead atoms. The second-order valence-electron chi connectivity index (χ2n) is 6.81. The van der Waals surface area contributed by atoms with Crippen molar-refractivity contribution >= 4 is 17.9 Å². The average molecular weight is 377 g/mol. The van der Waals surface area contributed by atoms with E-state index >= 15 is 0 Å². The van der Waals surface area contributed by atoms with E-state index in [1.165, 1.54) is 6.26 Å². The Balaban J connectivity index is 1.81. The van der Waals surface area contributed by atoms with Crippen molar-refractivity contribution in [3.63, 3.8) is 0 Å². The van der Waals surface area contributed by atoms with Gasteiger partial charge in [-0.1, -0.05) is 0 Å². The standard InChI is InChI=1S/C18H24N4O5/c1-3-26-17(24)15-12(9-22(2)10-14(23)19-11-6-7-11)20-18(25)21-16(15)13-5-4-8-27-13/h4-5,8,11,16H,3,6-7,9-10H2,1-2H3,(H,19,23)(H2,20,21,25)/p+1/t16-/m1/s1. The fraction of sp³-hybridized carbons (Fsp3) is 0.500. The first-order valence-corrected chi connectivity index (χ1v) is 9.09. The lowest BCUT2D eigenvalue weighted by atomic mass is 10.00. The number of esters is 1. The average Bonchev–Trinajstić information content (AvgIpc) is 3.23. The van der Waals surface area contributed by atoms with E-state index in [0.29, 0.717) is 17.5 Å². The first-order chi connectivity index (χ1) is 13.0. The van der Waals surface area contributed by atoms with Gasteiger partial charge in [-0.05, 0) is 31.9 Å². The number of rotatable bonds is 8. The Morgan fingerprint density at radius 3 is 2.81 bits per heavy atom. The Morgan fingerprint density at radius 2 is 2.19 bits per heavy atom. The Morgan fingerprint density at radius 1 is 1.41 bits per heavy atom. The molecule has 2 atom stereocenters. The van der Waals surface area contributed by atoms with Crippen LogP contribution in [0.1, 0.15) is 31.6 Å². The Bertz CT molecular complexity index is 739. The lowest BCUT2D eigenvalue weighted by molar-refractivity contribution is -0.866. The van der Waals surface area contributed by atoms with E-state index in [4.69, 9.17) is 9.15 Å². The van der Waals surface area contributed by atoms with Crippen molar-refractivity contribution in [2.45, 2.75) is 31.8 Å². The van der Waals surface area contributed by atoms with Gasteiger partial charge in [-0.15, -0.1) is 0 Å². The lowest BCUT2D eigenvalue weighted by Crippen LogP contribution is -3.10. The summed E-state index contributed by atoms with van der Waals surface area (Å²) in [6, 6.07) is 2.49. The largest absolute Gasteiger partial charge is 0.467 e. The zero-order valence-electron chi connectivity index (χ0n) is 15.5. The van der Waals surface area contributed by atoms with Crippen LogP contribution in [0.3, 0.4) is 0 Å². The number of quaternary nitrogens is 1. The number of carbonyl (C=O) groups excluding carboxylic acids is 3. The van der Waals surface area contributed by atoms with Gasteiger partial charge in [0.25, 0.3) is 5.91 Å². The first kappa shape index (κ1) is 19.0. The molecule has 3 rings (SSSR count). The number of furan rings is 1. The van der Waals surface area contributed by atoms with Crippen LogP contribution in [0, 0.1) is 0 Å². The Kier molecular flexibility index (Phi) is 5.80. The molecule has 3 amide bonds. The molecule has 27 heavy (non-hydrogen) atoms. The van der Waals surface area contributed by atoms with Gasteiger partial charge in [0.15, 0.2) is 6.54 Å². The monoisotopic (exact) mass is 377 g/mol. The van der Waals surface area contributed by atoms with Crippen molar-refractivity contribution in [2.24, 2.45) is 0 Å². The van der Waals surface area contributed by atoms with Gasteiger partial charge in [0.1, 0.15) is 18.3 Å². The second-order valence-corrected chi connectivity index (χ2v) is 6.81. The molecule has 1 fully saturated rings. The minimum absolute atomic E-state index is 0.0452. The van der Waals surface area contributed by atoms with Crippen molar-refractivity contribution in [1.29, 1.82) is 0 Å². The molecule has 146 valence electrons. The zero-order chi connectivity index (χ0) is 19.4. The van der Waals surface area contributed by atoms with E-state index in [-0.39, 0.29) is 31.2 Å². The van der Waals surface area contributed by atoms with Gasteiger partial charge >= 0.3 is 12.0 Å². The number of nitrogens with one attached hydrogen (secondary N) is 4. The van der Waals surface area contributed by atoms with Crippen LogP contribution in [0.4, 0.5) is 4.79 Å². The Hall–Kier alpha value is -2.81. The third-order valence-electron chi connectivity index (χ3n) is 4.36. The van der Waals surface area contributed by atoms with Crippen molar-refractivity contribution in [3.8, 4) is 0 Å². The summed E-state index contributed by atoms with van der Waals surface area (Å²) < 4.78 is 10.6. The van der Waals surface area contributed by atoms with Crippen molar-refractivity contribution < 1.29 is 28.4 Å². The van der Waals surface area contributed by atoms with Crippen LogP contribution in [0.25, 0.3) is 0 Å². The molecule has 4 N–H and O–H groups in total. The summed E-state index contributed by atoms with van der Waals surface area (Å²) in [6.07, 6.45) is 3.52. The second kappa shape index (κ2) is 8.26. The highest BCUT2D eigenvalue weighted by Gasteiger charge is 2.36. The molecule has 2 aliphatic rings. The smallest absolute Gasteiger partial charge is 0.338 e. The van der Waals surface area contributed by atoms with Crippen LogP contribution in [0.5, 0.6) is 0 Å². The molecule has 1 aromatic rings. The molecule has 1 aliphatic heterocycles. The summed E-state index contributed by atoms with van der Waals surface area (Å²) in [5.74, 6) is -0.137. The maximum Gasteiger partial charge on any atom is 0.338 e. The quantitative estimate of drug-likeness (QED) is 0.445. The van der Waals surface area contributed by atoms with E-state index < -0.39 is 18.0 Å². The fourth-order valence-electron chi connectivity index (χ4n) is 3.02. The molecular weight excluding hydrogens is 352 g/mol. The number of hydrogen-bond acceptors (Lipinski definition) is 5. The van der Waals surface area contributed by atoms with E-state index in [9.17, 15) is 14.4 Å². The van der Waals surface area contributed by atoms with Crippen molar-refractivity contribution in [3.05, 3.63) is 35.4 Å². The summed E-state index contributed by atoms with van der Waals surface area (Å²) in [6.45, 7) is 2.46. The molecule has 2 heterocycles. The van der Waals surface area contributed by atoms with Crippen LogP contribution in [0.15, 0.2) is 34.1 Å². The molecular formula is C18H25N4O5+. The van der Waals surface area contributed by atoms with Crippen molar-refractivity contribution in [2.75, 3.05) is 26.7 Å².